The van der Waals surface area contributed by atoms with Crippen molar-refractivity contribution in [2.45, 2.75) is 55.9 Å². The van der Waals surface area contributed by atoms with Crippen LogP contribution in [0, 0.1) is 0 Å². The average molecular weight is 472 g/mol. The predicted molar refractivity (Wildman–Crippen MR) is 81.7 cm³/mol. The minimum absolute atomic E-state index is 0.468. The first-order chi connectivity index (χ1) is 12.3. The zero-order valence-electron chi connectivity index (χ0n) is 14.3. The van der Waals surface area contributed by atoms with Crippen LogP contribution in [-0.4, -0.2) is 59.3 Å². The second kappa shape index (κ2) is 9.41. The van der Waals surface area contributed by atoms with Gasteiger partial charge in [0.25, 0.3) is 0 Å². The van der Waals surface area contributed by atoms with Gasteiger partial charge in [0.2, 0.25) is 0 Å². The highest BCUT2D eigenvalue weighted by Gasteiger charge is 2.83. The van der Waals surface area contributed by atoms with E-state index in [4.69, 9.17) is 0 Å². The highest BCUT2D eigenvalue weighted by molar-refractivity contribution is 7.97. The molecule has 1 heterocycles. The molecule has 0 unspecified atom stereocenters. The topological polar surface area (TPSA) is 74.3 Å². The van der Waals surface area contributed by atoms with Crippen LogP contribution in [0.2, 0.25) is 0 Å². The van der Waals surface area contributed by atoms with Crippen molar-refractivity contribution in [1.82, 2.24) is 0 Å². The Labute approximate surface area is 157 Å². The summed E-state index contributed by atoms with van der Waals surface area (Å²) in [6, 6.07) is 0. The summed E-state index contributed by atoms with van der Waals surface area (Å²) in [5, 5.41) is -7.11. The Balaban J connectivity index is 0.000000567. The SMILES string of the molecule is CCC(=O)C[S+]1CCCCC1.O=S(=O)([O-])C(F)(F)C(F)(F)C(F)(F)C(F)(F)F. The molecular formula is C13H17F9O4S2. The van der Waals surface area contributed by atoms with E-state index in [1.807, 2.05) is 6.92 Å². The maximum absolute atomic E-state index is 12.2. The van der Waals surface area contributed by atoms with Gasteiger partial charge in [0.05, 0.1) is 0 Å². The van der Waals surface area contributed by atoms with Gasteiger partial charge in [-0.3, -0.25) is 4.79 Å². The highest BCUT2D eigenvalue weighted by atomic mass is 32.2. The van der Waals surface area contributed by atoms with Gasteiger partial charge in [0, 0.05) is 6.42 Å². The van der Waals surface area contributed by atoms with Gasteiger partial charge in [-0.15, -0.1) is 0 Å². The van der Waals surface area contributed by atoms with Gasteiger partial charge in [-0.2, -0.15) is 39.5 Å². The fourth-order valence-electron chi connectivity index (χ4n) is 1.88. The molecule has 4 nitrogen and oxygen atoms in total. The van der Waals surface area contributed by atoms with Gasteiger partial charge in [0.15, 0.2) is 21.7 Å². The molecule has 0 aromatic carbocycles. The number of halogens is 9. The normalized spacial score (nSPS) is 17.7. The monoisotopic (exact) mass is 472 g/mol. The molecule has 1 fully saturated rings. The van der Waals surface area contributed by atoms with Gasteiger partial charge >= 0.3 is 23.3 Å². The molecule has 0 aromatic rings. The second-order valence-electron chi connectivity index (χ2n) is 5.74. The fraction of sp³-hybridized carbons (Fsp3) is 0.923. The number of hydrogen-bond donors (Lipinski definition) is 0. The summed E-state index contributed by atoms with van der Waals surface area (Å²) in [4.78, 5) is 11.1. The lowest BCUT2D eigenvalue weighted by Gasteiger charge is -2.34. The van der Waals surface area contributed by atoms with E-state index in [9.17, 15) is 57.3 Å². The van der Waals surface area contributed by atoms with Crippen LogP contribution in [0.15, 0.2) is 0 Å². The standard InChI is InChI=1S/C9H17OS.C4HF9O3S/c1-2-9(10)8-11-6-4-3-5-7-11;5-1(6,3(9,10)11)2(7,8)4(12,13)17(14,15)16/h2-8H2,1H3;(H,14,15,16)/q+1;/p-1. The Morgan fingerprint density at radius 1 is 0.893 bits per heavy atom. The number of hydrogen-bond acceptors (Lipinski definition) is 4. The second-order valence-corrected chi connectivity index (χ2v) is 9.49. The van der Waals surface area contributed by atoms with Crippen molar-refractivity contribution in [1.29, 1.82) is 0 Å². The van der Waals surface area contributed by atoms with Crippen LogP contribution in [0.25, 0.3) is 0 Å². The third kappa shape index (κ3) is 6.15. The molecule has 1 saturated heterocycles. The van der Waals surface area contributed by atoms with E-state index in [2.05, 4.69) is 0 Å². The summed E-state index contributed by atoms with van der Waals surface area (Å²) in [5.74, 6) is -10.8. The Morgan fingerprint density at radius 3 is 1.64 bits per heavy atom. The molecule has 0 N–H and O–H groups in total. The molecular weight excluding hydrogens is 455 g/mol. The largest absolute Gasteiger partial charge is 0.743 e. The number of carbonyl (C=O) groups is 1. The summed E-state index contributed by atoms with van der Waals surface area (Å²) in [6.07, 6.45) is -2.31. The lowest BCUT2D eigenvalue weighted by atomic mass is 10.1. The highest BCUT2D eigenvalue weighted by Crippen LogP contribution is 2.54. The van der Waals surface area contributed by atoms with Crippen molar-refractivity contribution < 1.29 is 57.3 Å². The number of rotatable bonds is 6. The zero-order chi connectivity index (χ0) is 22.6. The van der Waals surface area contributed by atoms with Crippen LogP contribution in [-0.2, 0) is 25.8 Å². The fourth-order valence-corrected chi connectivity index (χ4v) is 4.70. The van der Waals surface area contributed by atoms with E-state index >= 15 is 0 Å². The summed E-state index contributed by atoms with van der Waals surface area (Å²) in [6.45, 7) is 1.97. The van der Waals surface area contributed by atoms with Crippen LogP contribution in [0.3, 0.4) is 0 Å². The van der Waals surface area contributed by atoms with E-state index in [-0.39, 0.29) is 0 Å². The van der Waals surface area contributed by atoms with Gasteiger partial charge in [-0.05, 0) is 30.2 Å². The smallest absolute Gasteiger partial charge is 0.460 e. The van der Waals surface area contributed by atoms with Crippen LogP contribution < -0.4 is 0 Å². The van der Waals surface area contributed by atoms with E-state index in [0.717, 1.165) is 12.2 Å². The zero-order valence-corrected chi connectivity index (χ0v) is 15.9. The van der Waals surface area contributed by atoms with E-state index in [1.54, 1.807) is 0 Å². The summed E-state index contributed by atoms with van der Waals surface area (Å²) in [7, 11) is -6.94. The molecule has 1 aliphatic heterocycles. The number of Topliss-reactive ketones (excluding diaryl/α,β-unsaturated/α-hetero) is 1. The molecule has 0 aromatic heterocycles. The molecule has 0 atom stereocenters. The summed E-state index contributed by atoms with van der Waals surface area (Å²) in [5.41, 5.74) is 0. The van der Waals surface area contributed by atoms with E-state index in [0.29, 0.717) is 16.7 Å². The molecule has 1 rings (SSSR count). The average Bonchev–Trinajstić information content (AvgIpc) is 2.53. The number of carbonyl (C=O) groups excluding carboxylic acids is 1. The maximum atomic E-state index is 12.2. The van der Waals surface area contributed by atoms with Crippen LogP contribution >= 0.6 is 0 Å². The molecule has 28 heavy (non-hydrogen) atoms. The van der Waals surface area contributed by atoms with Gasteiger partial charge < -0.3 is 4.55 Å². The lowest BCUT2D eigenvalue weighted by molar-refractivity contribution is -0.382. The first kappa shape index (κ1) is 27.3. The van der Waals surface area contributed by atoms with Crippen molar-refractivity contribution in [2.75, 3.05) is 17.3 Å². The lowest BCUT2D eigenvalue weighted by Crippen LogP contribution is -2.63. The molecule has 0 aliphatic carbocycles. The quantitative estimate of drug-likeness (QED) is 0.336. The van der Waals surface area contributed by atoms with Gasteiger partial charge in [-0.25, -0.2) is 8.42 Å². The number of ketones is 1. The van der Waals surface area contributed by atoms with Crippen LogP contribution in [0.1, 0.15) is 32.6 Å². The van der Waals surface area contributed by atoms with E-state index in [1.165, 1.54) is 30.8 Å². The van der Waals surface area contributed by atoms with Crippen molar-refractivity contribution in [3.63, 3.8) is 0 Å². The molecule has 168 valence electrons. The molecule has 0 spiro atoms. The summed E-state index contributed by atoms with van der Waals surface area (Å²) < 4.78 is 135. The number of alkyl halides is 9. The minimum atomic E-state index is -7.43. The first-order valence-electron chi connectivity index (χ1n) is 7.64. The Bertz CT molecular complexity index is 626. The minimum Gasteiger partial charge on any atom is -0.743 e. The molecule has 0 amide bonds. The van der Waals surface area contributed by atoms with Crippen molar-refractivity contribution >= 4 is 26.8 Å². The molecule has 0 bridgehead atoms. The van der Waals surface area contributed by atoms with Gasteiger partial charge in [0.1, 0.15) is 11.5 Å². The van der Waals surface area contributed by atoms with Gasteiger partial charge in [-0.1, -0.05) is 6.92 Å². The Kier molecular flexibility index (Phi) is 9.17. The molecule has 0 radical (unpaired) electrons. The predicted octanol–water partition coefficient (Wildman–Crippen LogP) is 3.73. The van der Waals surface area contributed by atoms with Crippen molar-refractivity contribution in [2.24, 2.45) is 0 Å². The van der Waals surface area contributed by atoms with Crippen molar-refractivity contribution in [3.05, 3.63) is 0 Å². The van der Waals surface area contributed by atoms with Crippen molar-refractivity contribution in [3.8, 4) is 0 Å². The summed E-state index contributed by atoms with van der Waals surface area (Å²) >= 11 is 0. The Morgan fingerprint density at radius 2 is 1.32 bits per heavy atom. The molecule has 1 aliphatic rings. The Hall–Kier alpha value is -0.700. The molecule has 15 heteroatoms. The maximum Gasteiger partial charge on any atom is 0.460 e. The van der Waals surface area contributed by atoms with Crippen LogP contribution in [0.4, 0.5) is 39.5 Å². The van der Waals surface area contributed by atoms with Crippen LogP contribution in [0.5, 0.6) is 0 Å². The third-order valence-electron chi connectivity index (χ3n) is 3.56. The van der Waals surface area contributed by atoms with E-state index < -0.39 is 33.4 Å². The third-order valence-corrected chi connectivity index (χ3v) is 6.90. The molecule has 0 saturated carbocycles. The first-order valence-corrected chi connectivity index (χ1v) is 10.8.